The molecule has 1 N–H and O–H groups in total. The summed E-state index contributed by atoms with van der Waals surface area (Å²) in [7, 11) is 0. The zero-order valence-corrected chi connectivity index (χ0v) is 17.2. The molecule has 0 spiro atoms. The number of nitrogens with one attached hydrogen (secondary N) is 1. The van der Waals surface area contributed by atoms with E-state index in [0.29, 0.717) is 23.7 Å². The third kappa shape index (κ3) is 3.70. The van der Waals surface area contributed by atoms with Crippen LogP contribution in [0.25, 0.3) is 11.4 Å². The van der Waals surface area contributed by atoms with Gasteiger partial charge in [-0.15, -0.1) is 0 Å². The topological polar surface area (TPSA) is 74.5 Å². The van der Waals surface area contributed by atoms with E-state index in [2.05, 4.69) is 47.6 Å². The molecule has 0 saturated carbocycles. The summed E-state index contributed by atoms with van der Waals surface area (Å²) in [6, 6.07) is 12.0. The van der Waals surface area contributed by atoms with Crippen molar-refractivity contribution in [3.63, 3.8) is 0 Å². The summed E-state index contributed by atoms with van der Waals surface area (Å²) in [5, 5.41) is 5.82. The van der Waals surface area contributed by atoms with Gasteiger partial charge in [-0.2, -0.15) is 4.98 Å². The Balaban J connectivity index is 1.28. The first-order valence-electron chi connectivity index (χ1n) is 10.2. The predicted molar refractivity (Wildman–Crippen MR) is 111 cm³/mol. The van der Waals surface area contributed by atoms with E-state index < -0.39 is 0 Å². The van der Waals surface area contributed by atoms with Crippen molar-refractivity contribution in [1.29, 1.82) is 0 Å². The standard InChI is InChI=1S/C23H22FN5O2/c1-14-3-4-17(11-15(14)2)19-12-20-23(30)28(9-10-29(20)26-19)13-21-25-22(27-31-21)16-5-7-18(24)8-6-16/h3-11,19-20,26H,12-13H2,1-2H3. The summed E-state index contributed by atoms with van der Waals surface area (Å²) in [5.41, 5.74) is 7.73. The second-order valence-corrected chi connectivity index (χ2v) is 7.97. The van der Waals surface area contributed by atoms with Gasteiger partial charge in [-0.25, -0.2) is 9.82 Å². The van der Waals surface area contributed by atoms with Gasteiger partial charge in [0, 0.05) is 18.0 Å². The average Bonchev–Trinajstić information content (AvgIpc) is 3.40. The number of aromatic nitrogens is 2. The van der Waals surface area contributed by atoms with Crippen molar-refractivity contribution < 1.29 is 13.7 Å². The molecule has 8 heteroatoms. The van der Waals surface area contributed by atoms with Gasteiger partial charge in [-0.3, -0.25) is 4.79 Å². The molecule has 1 aromatic heterocycles. The SMILES string of the molecule is Cc1ccc(C2CC3C(=O)N(Cc4nc(-c5ccc(F)cc5)no4)C=CN3N2)cc1C. The molecule has 7 nitrogen and oxygen atoms in total. The van der Waals surface area contributed by atoms with Crippen molar-refractivity contribution in [1.82, 2.24) is 25.5 Å². The number of aryl methyl sites for hydroxylation is 2. The number of amides is 1. The van der Waals surface area contributed by atoms with Crippen LogP contribution in [-0.4, -0.2) is 32.0 Å². The molecule has 2 aliphatic heterocycles. The Morgan fingerprint density at radius 3 is 2.71 bits per heavy atom. The smallest absolute Gasteiger partial charge is 0.251 e. The van der Waals surface area contributed by atoms with Crippen molar-refractivity contribution in [2.75, 3.05) is 0 Å². The highest BCUT2D eigenvalue weighted by atomic mass is 19.1. The van der Waals surface area contributed by atoms with Gasteiger partial charge in [-0.05, 0) is 61.2 Å². The Hall–Kier alpha value is -3.52. The molecule has 5 rings (SSSR count). The second kappa shape index (κ2) is 7.63. The van der Waals surface area contributed by atoms with E-state index in [0.717, 1.165) is 0 Å². The molecule has 2 aliphatic rings. The van der Waals surface area contributed by atoms with Crippen LogP contribution in [0.15, 0.2) is 59.4 Å². The van der Waals surface area contributed by atoms with E-state index >= 15 is 0 Å². The first-order chi connectivity index (χ1) is 15.0. The number of hydrogen-bond acceptors (Lipinski definition) is 6. The molecular formula is C23H22FN5O2. The van der Waals surface area contributed by atoms with Crippen LogP contribution in [-0.2, 0) is 11.3 Å². The molecule has 0 radical (unpaired) electrons. The quantitative estimate of drug-likeness (QED) is 0.696. The van der Waals surface area contributed by atoms with Crippen LogP contribution in [0.3, 0.4) is 0 Å². The summed E-state index contributed by atoms with van der Waals surface area (Å²) < 4.78 is 18.4. The second-order valence-electron chi connectivity index (χ2n) is 7.97. The highest BCUT2D eigenvalue weighted by Gasteiger charge is 2.40. The minimum atomic E-state index is -0.328. The zero-order chi connectivity index (χ0) is 21.5. The third-order valence-electron chi connectivity index (χ3n) is 5.88. The Kier molecular flexibility index (Phi) is 4.78. The highest BCUT2D eigenvalue weighted by Crippen LogP contribution is 2.32. The molecule has 3 aromatic rings. The number of hydrogen-bond donors (Lipinski definition) is 1. The van der Waals surface area contributed by atoms with E-state index in [9.17, 15) is 9.18 Å². The molecule has 31 heavy (non-hydrogen) atoms. The lowest BCUT2D eigenvalue weighted by Crippen LogP contribution is -2.47. The fourth-order valence-corrected chi connectivity index (χ4v) is 3.95. The van der Waals surface area contributed by atoms with Crippen LogP contribution in [0.2, 0.25) is 0 Å². The minimum Gasteiger partial charge on any atom is -0.337 e. The molecule has 0 bridgehead atoms. The van der Waals surface area contributed by atoms with E-state index in [1.54, 1.807) is 23.2 Å². The van der Waals surface area contributed by atoms with Gasteiger partial charge in [0.2, 0.25) is 11.7 Å². The first-order valence-corrected chi connectivity index (χ1v) is 10.2. The lowest BCUT2D eigenvalue weighted by atomic mass is 9.97. The van der Waals surface area contributed by atoms with Crippen LogP contribution in [0.5, 0.6) is 0 Å². The number of rotatable bonds is 4. The molecule has 158 valence electrons. The molecule has 1 fully saturated rings. The summed E-state index contributed by atoms with van der Waals surface area (Å²) in [6.07, 6.45) is 4.26. The summed E-state index contributed by atoms with van der Waals surface area (Å²) in [5.74, 6) is 0.332. The molecule has 2 atom stereocenters. The lowest BCUT2D eigenvalue weighted by Gasteiger charge is -2.30. The Bertz CT molecular complexity index is 1160. The maximum absolute atomic E-state index is 13.1. The Morgan fingerprint density at radius 1 is 1.13 bits per heavy atom. The average molecular weight is 419 g/mol. The summed E-state index contributed by atoms with van der Waals surface area (Å²) in [4.78, 5) is 19.0. The largest absolute Gasteiger partial charge is 0.337 e. The van der Waals surface area contributed by atoms with Crippen LogP contribution >= 0.6 is 0 Å². The van der Waals surface area contributed by atoms with Gasteiger partial charge in [0.1, 0.15) is 18.4 Å². The predicted octanol–water partition coefficient (Wildman–Crippen LogP) is 3.63. The van der Waals surface area contributed by atoms with E-state index in [4.69, 9.17) is 4.52 Å². The number of nitrogens with zero attached hydrogens (tertiary/aromatic N) is 4. The first kappa shape index (κ1) is 19.4. The van der Waals surface area contributed by atoms with Crippen LogP contribution in [0.1, 0.15) is 35.0 Å². The highest BCUT2D eigenvalue weighted by molar-refractivity contribution is 5.84. The maximum atomic E-state index is 13.1. The number of benzene rings is 2. The van der Waals surface area contributed by atoms with Crippen molar-refractivity contribution in [3.8, 4) is 11.4 Å². The maximum Gasteiger partial charge on any atom is 0.251 e. The fraction of sp³-hybridized carbons (Fsp3) is 0.261. The Labute approximate surface area is 179 Å². The molecule has 0 aliphatic carbocycles. The van der Waals surface area contributed by atoms with Gasteiger partial charge in [-0.1, -0.05) is 23.4 Å². The van der Waals surface area contributed by atoms with Gasteiger partial charge in [0.25, 0.3) is 5.91 Å². The van der Waals surface area contributed by atoms with Gasteiger partial charge < -0.3 is 14.4 Å². The molecule has 1 saturated heterocycles. The lowest BCUT2D eigenvalue weighted by molar-refractivity contribution is -0.135. The summed E-state index contributed by atoms with van der Waals surface area (Å²) >= 11 is 0. The molecule has 2 aromatic carbocycles. The van der Waals surface area contributed by atoms with Gasteiger partial charge in [0.15, 0.2) is 0 Å². The fourth-order valence-electron chi connectivity index (χ4n) is 3.95. The minimum absolute atomic E-state index is 0.0251. The van der Waals surface area contributed by atoms with E-state index in [1.165, 1.54) is 28.8 Å². The number of carbonyl (C=O) groups is 1. The molecular weight excluding hydrogens is 397 g/mol. The number of carbonyl (C=O) groups excluding carboxylic acids is 1. The molecule has 2 unspecified atom stereocenters. The Morgan fingerprint density at radius 2 is 1.94 bits per heavy atom. The van der Waals surface area contributed by atoms with E-state index in [-0.39, 0.29) is 30.4 Å². The number of hydrazine groups is 1. The molecule has 1 amide bonds. The third-order valence-corrected chi connectivity index (χ3v) is 5.88. The van der Waals surface area contributed by atoms with Gasteiger partial charge in [0.05, 0.1) is 6.04 Å². The van der Waals surface area contributed by atoms with Crippen molar-refractivity contribution in [2.24, 2.45) is 0 Å². The van der Waals surface area contributed by atoms with Crippen LogP contribution in [0, 0.1) is 19.7 Å². The van der Waals surface area contributed by atoms with Gasteiger partial charge >= 0.3 is 0 Å². The number of halogens is 1. The van der Waals surface area contributed by atoms with Crippen LogP contribution in [0.4, 0.5) is 4.39 Å². The van der Waals surface area contributed by atoms with Crippen molar-refractivity contribution in [3.05, 3.63) is 83.3 Å². The van der Waals surface area contributed by atoms with Crippen molar-refractivity contribution in [2.45, 2.75) is 38.9 Å². The van der Waals surface area contributed by atoms with Crippen LogP contribution < -0.4 is 5.43 Å². The van der Waals surface area contributed by atoms with E-state index in [1.807, 2.05) is 11.2 Å². The molecule has 3 heterocycles. The summed E-state index contributed by atoms with van der Waals surface area (Å²) in [6.45, 7) is 4.37. The monoisotopic (exact) mass is 419 g/mol. The number of fused-ring (bicyclic) bond motifs is 1. The normalized spacial score (nSPS) is 20.4. The van der Waals surface area contributed by atoms with Crippen molar-refractivity contribution >= 4 is 5.91 Å². The zero-order valence-electron chi connectivity index (χ0n) is 17.2.